The molecular weight excluding hydrogens is 418 g/mol. The zero-order chi connectivity index (χ0) is 24.1. The maximum Gasteiger partial charge on any atom is 0.335 e. The molecule has 0 aromatic heterocycles. The van der Waals surface area contributed by atoms with Crippen molar-refractivity contribution in [3.8, 4) is 0 Å². The Morgan fingerprint density at radius 1 is 0.735 bits per heavy atom. The Balaban J connectivity index is 1.94. The topological polar surface area (TPSA) is 40.5 Å². The summed E-state index contributed by atoms with van der Waals surface area (Å²) in [7, 11) is 0. The minimum absolute atomic E-state index is 0.0486. The van der Waals surface area contributed by atoms with Gasteiger partial charge in [0.05, 0.1) is 11.3 Å². The Morgan fingerprint density at radius 2 is 1.29 bits per heavy atom. The summed E-state index contributed by atoms with van der Waals surface area (Å²) >= 11 is 0. The van der Waals surface area contributed by atoms with E-state index in [2.05, 4.69) is 60.0 Å². The zero-order valence-corrected chi connectivity index (χ0v) is 19.4. The van der Waals surface area contributed by atoms with E-state index in [0.29, 0.717) is 5.56 Å². The van der Waals surface area contributed by atoms with Crippen molar-refractivity contribution in [2.75, 3.05) is 4.90 Å². The molecule has 0 bridgehead atoms. The minimum Gasteiger partial charge on any atom is -0.478 e. The van der Waals surface area contributed by atoms with Crippen LogP contribution in [0.2, 0.25) is 0 Å². The molecule has 0 aliphatic rings. The molecule has 0 saturated carbocycles. The van der Waals surface area contributed by atoms with Crippen LogP contribution in [0.25, 0.3) is 17.7 Å². The van der Waals surface area contributed by atoms with Crippen LogP contribution < -0.4 is 4.90 Å². The van der Waals surface area contributed by atoms with Crippen LogP contribution >= 0.6 is 0 Å². The van der Waals surface area contributed by atoms with E-state index in [1.165, 1.54) is 0 Å². The molecule has 4 rings (SSSR count). The molecule has 0 heterocycles. The fraction of sp³-hybridized carbons (Fsp3) is 0.0645. The van der Waals surface area contributed by atoms with E-state index in [4.69, 9.17) is 0 Å². The predicted molar refractivity (Wildman–Crippen MR) is 143 cm³/mol. The summed E-state index contributed by atoms with van der Waals surface area (Å²) in [6.07, 6.45) is 3.94. The molecule has 3 heteroatoms. The first-order valence-corrected chi connectivity index (χ1v) is 11.2. The van der Waals surface area contributed by atoms with Crippen molar-refractivity contribution in [3.63, 3.8) is 0 Å². The third-order valence-electron chi connectivity index (χ3n) is 5.71. The van der Waals surface area contributed by atoms with Gasteiger partial charge in [-0.05, 0) is 55.3 Å². The van der Waals surface area contributed by atoms with Crippen LogP contribution in [-0.2, 0) is 4.79 Å². The van der Waals surface area contributed by atoms with Gasteiger partial charge < -0.3 is 10.0 Å². The lowest BCUT2D eigenvalue weighted by atomic mass is 9.96. The summed E-state index contributed by atoms with van der Waals surface area (Å²) in [4.78, 5) is 14.2. The highest BCUT2D eigenvalue weighted by Crippen LogP contribution is 2.40. The third kappa shape index (κ3) is 5.00. The van der Waals surface area contributed by atoms with Crippen LogP contribution in [0.5, 0.6) is 0 Å². The second kappa shape index (κ2) is 10.1. The third-order valence-corrected chi connectivity index (χ3v) is 5.71. The lowest BCUT2D eigenvalue weighted by molar-refractivity contribution is -0.130. The number of carbonyl (C=O) groups is 1. The van der Waals surface area contributed by atoms with Crippen molar-refractivity contribution in [2.24, 2.45) is 0 Å². The second-order valence-electron chi connectivity index (χ2n) is 8.28. The van der Waals surface area contributed by atoms with Gasteiger partial charge in [-0.1, -0.05) is 96.6 Å². The van der Waals surface area contributed by atoms with Gasteiger partial charge in [0.15, 0.2) is 0 Å². The van der Waals surface area contributed by atoms with E-state index >= 15 is 0 Å². The average Bonchev–Trinajstić information content (AvgIpc) is 2.85. The summed E-state index contributed by atoms with van der Waals surface area (Å²) in [5, 5.41) is 9.92. The molecule has 1 N–H and O–H groups in total. The zero-order valence-electron chi connectivity index (χ0n) is 19.4. The molecule has 0 atom stereocenters. The van der Waals surface area contributed by atoms with Crippen LogP contribution in [0.3, 0.4) is 0 Å². The summed E-state index contributed by atoms with van der Waals surface area (Å²) in [5.74, 6) is -1.05. The fourth-order valence-electron chi connectivity index (χ4n) is 3.88. The lowest BCUT2D eigenvalue weighted by Crippen LogP contribution is -2.14. The van der Waals surface area contributed by atoms with E-state index in [0.717, 1.165) is 39.3 Å². The number of carboxylic acid groups (broad SMARTS) is 1. The molecule has 34 heavy (non-hydrogen) atoms. The van der Waals surface area contributed by atoms with Gasteiger partial charge in [0.25, 0.3) is 0 Å². The highest BCUT2D eigenvalue weighted by atomic mass is 16.4. The number of aliphatic carboxylic acids is 1. The van der Waals surface area contributed by atoms with Crippen molar-refractivity contribution in [1.29, 1.82) is 0 Å². The van der Waals surface area contributed by atoms with Crippen molar-refractivity contribution < 1.29 is 9.90 Å². The van der Waals surface area contributed by atoms with Gasteiger partial charge in [-0.3, -0.25) is 0 Å². The quantitative estimate of drug-likeness (QED) is 0.231. The predicted octanol–water partition coefficient (Wildman–Crippen LogP) is 8.04. The maximum atomic E-state index is 12.1. The fourth-order valence-corrected chi connectivity index (χ4v) is 3.88. The molecule has 168 valence electrons. The number of benzene rings is 4. The molecule has 0 unspecified atom stereocenters. The molecule has 4 aromatic rings. The number of hydrogen-bond donors (Lipinski definition) is 1. The van der Waals surface area contributed by atoms with Gasteiger partial charge in [-0.2, -0.15) is 0 Å². The van der Waals surface area contributed by atoms with Crippen molar-refractivity contribution in [2.45, 2.75) is 13.8 Å². The van der Waals surface area contributed by atoms with Crippen LogP contribution in [0, 0.1) is 13.8 Å². The Labute approximate surface area is 200 Å². The molecule has 0 aliphatic heterocycles. The number of nitrogens with zero attached hydrogens (tertiary/aromatic N) is 1. The van der Waals surface area contributed by atoms with E-state index in [1.807, 2.05) is 74.5 Å². The first kappa shape index (κ1) is 22.8. The Bertz CT molecular complexity index is 1290. The smallest absolute Gasteiger partial charge is 0.335 e. The first-order valence-electron chi connectivity index (χ1n) is 11.2. The van der Waals surface area contributed by atoms with Crippen molar-refractivity contribution in [3.05, 3.63) is 131 Å². The second-order valence-corrected chi connectivity index (χ2v) is 8.28. The number of hydrogen-bond acceptors (Lipinski definition) is 2. The molecule has 0 saturated heterocycles. The maximum absolute atomic E-state index is 12.1. The first-order chi connectivity index (χ1) is 16.4. The molecule has 0 fully saturated rings. The number of carboxylic acids is 1. The number of rotatable bonds is 7. The Kier molecular flexibility index (Phi) is 6.74. The van der Waals surface area contributed by atoms with Gasteiger partial charge in [0, 0.05) is 16.9 Å². The summed E-state index contributed by atoms with van der Waals surface area (Å²) in [6, 6.07) is 32.2. The highest BCUT2D eigenvalue weighted by Gasteiger charge is 2.22. The summed E-state index contributed by atoms with van der Waals surface area (Å²) in [5.41, 5.74) is 7.42. The Morgan fingerprint density at radius 3 is 1.82 bits per heavy atom. The normalized spacial score (nSPS) is 10.9. The summed E-state index contributed by atoms with van der Waals surface area (Å²) < 4.78 is 0. The molecular formula is C31H27NO2. The molecule has 4 aromatic carbocycles. The van der Waals surface area contributed by atoms with Crippen LogP contribution in [0.15, 0.2) is 104 Å². The number of anilines is 3. The molecule has 0 amide bonds. The summed E-state index contributed by atoms with van der Waals surface area (Å²) in [6.45, 7) is 8.04. The van der Waals surface area contributed by atoms with Crippen molar-refractivity contribution >= 4 is 40.8 Å². The van der Waals surface area contributed by atoms with Crippen LogP contribution in [0.1, 0.15) is 27.8 Å². The van der Waals surface area contributed by atoms with Gasteiger partial charge >= 0.3 is 5.97 Å². The van der Waals surface area contributed by atoms with Crippen LogP contribution in [0.4, 0.5) is 17.1 Å². The van der Waals surface area contributed by atoms with E-state index in [-0.39, 0.29) is 5.57 Å². The van der Waals surface area contributed by atoms with Crippen molar-refractivity contribution in [1.82, 2.24) is 0 Å². The van der Waals surface area contributed by atoms with E-state index in [1.54, 1.807) is 0 Å². The highest BCUT2D eigenvalue weighted by molar-refractivity contribution is 6.18. The Hall–Kier alpha value is -4.37. The molecule has 0 aliphatic carbocycles. The molecule has 0 spiro atoms. The monoisotopic (exact) mass is 445 g/mol. The van der Waals surface area contributed by atoms with Gasteiger partial charge in [0.2, 0.25) is 0 Å². The van der Waals surface area contributed by atoms with Gasteiger partial charge in [-0.25, -0.2) is 4.79 Å². The standard InChI is InChI=1S/C31H27NO2/c1-22-12-18-27(19-13-22)32(28-20-14-23(2)15-21-28)29-11-7-10-26(30(29)24(3)31(33)34)17-16-25-8-5-4-6-9-25/h4-21H,3H2,1-2H3,(H,33,34). The number of aryl methyl sites for hydroxylation is 2. The molecule has 3 nitrogen and oxygen atoms in total. The molecule has 0 radical (unpaired) electrons. The average molecular weight is 446 g/mol. The lowest BCUT2D eigenvalue weighted by Gasteiger charge is -2.29. The van der Waals surface area contributed by atoms with Gasteiger partial charge in [-0.15, -0.1) is 0 Å². The minimum atomic E-state index is -1.05. The van der Waals surface area contributed by atoms with Gasteiger partial charge in [0.1, 0.15) is 0 Å². The van der Waals surface area contributed by atoms with E-state index in [9.17, 15) is 9.90 Å². The SMILES string of the molecule is C=C(C(=O)O)c1c(C=Cc2ccccc2)cccc1N(c1ccc(C)cc1)c1ccc(C)cc1. The van der Waals surface area contributed by atoms with Crippen LogP contribution in [-0.4, -0.2) is 11.1 Å². The van der Waals surface area contributed by atoms with E-state index < -0.39 is 5.97 Å². The largest absolute Gasteiger partial charge is 0.478 e.